The highest BCUT2D eigenvalue weighted by atomic mass is 16.5. The topological polar surface area (TPSA) is 45.3 Å². The number of pyridine rings is 1. The van der Waals surface area contributed by atoms with Crippen molar-refractivity contribution in [2.75, 3.05) is 25.1 Å². The van der Waals surface area contributed by atoms with E-state index in [4.69, 9.17) is 4.74 Å². The molecular weight excluding hydrogens is 240 g/mol. The number of rotatable bonds is 5. The molecule has 0 aliphatic rings. The fourth-order valence-corrected chi connectivity index (χ4v) is 2.31. The Kier molecular flexibility index (Phi) is 4.22. The molecule has 0 saturated heterocycles. The normalized spacial score (nSPS) is 10.9. The summed E-state index contributed by atoms with van der Waals surface area (Å²) in [6.07, 6.45) is 0. The maximum atomic E-state index is 12.1. The first-order valence-electron chi connectivity index (χ1n) is 6.59. The van der Waals surface area contributed by atoms with Gasteiger partial charge in [0, 0.05) is 48.5 Å². The summed E-state index contributed by atoms with van der Waals surface area (Å²) >= 11 is 0. The molecule has 19 heavy (non-hydrogen) atoms. The number of nitrogens with zero attached hydrogens (tertiary/aromatic N) is 1. The molecule has 4 nitrogen and oxygen atoms in total. The quantitative estimate of drug-likeness (QED) is 0.898. The molecule has 2 rings (SSSR count). The molecule has 0 fully saturated rings. The third kappa shape index (κ3) is 2.79. The number of aromatic nitrogens is 1. The van der Waals surface area contributed by atoms with Gasteiger partial charge < -0.3 is 14.6 Å². The lowest BCUT2D eigenvalue weighted by atomic mass is 10.1. The van der Waals surface area contributed by atoms with Crippen LogP contribution in [0, 0.1) is 0 Å². The fraction of sp³-hybridized carbons (Fsp3) is 0.400. The van der Waals surface area contributed by atoms with Gasteiger partial charge in [-0.1, -0.05) is 0 Å². The van der Waals surface area contributed by atoms with Gasteiger partial charge in [0.25, 0.3) is 0 Å². The Bertz CT molecular complexity index is 615. The van der Waals surface area contributed by atoms with Gasteiger partial charge in [-0.3, -0.25) is 4.79 Å². The lowest BCUT2D eigenvalue weighted by Gasteiger charge is -2.21. The van der Waals surface area contributed by atoms with Gasteiger partial charge in [0.1, 0.15) is 0 Å². The van der Waals surface area contributed by atoms with E-state index in [1.165, 1.54) is 0 Å². The first kappa shape index (κ1) is 13.6. The minimum Gasteiger partial charge on any atom is -0.378 e. The lowest BCUT2D eigenvalue weighted by Crippen LogP contribution is -2.22. The molecule has 4 heteroatoms. The summed E-state index contributed by atoms with van der Waals surface area (Å²) in [5.41, 5.74) is 2.78. The zero-order valence-electron chi connectivity index (χ0n) is 11.7. The largest absolute Gasteiger partial charge is 0.378 e. The molecule has 1 heterocycles. The number of H-pyrrole nitrogens is 1. The molecule has 1 aromatic heterocycles. The molecule has 0 aliphatic heterocycles. The summed E-state index contributed by atoms with van der Waals surface area (Å²) in [4.78, 5) is 17.6. The van der Waals surface area contributed by atoms with Gasteiger partial charge in [-0.2, -0.15) is 0 Å². The van der Waals surface area contributed by atoms with Crippen LogP contribution in [0.2, 0.25) is 0 Å². The standard InChI is InChI=1S/C15H20N2O2/c1-4-17(5-2)12-6-7-14-13(9-12)15(18)8-11(16-14)10-19-3/h6-9H,4-5,10H2,1-3H3,(H,16,18). The van der Waals surface area contributed by atoms with Crippen molar-refractivity contribution < 1.29 is 4.74 Å². The number of hydrogen-bond donors (Lipinski definition) is 1. The molecule has 0 radical (unpaired) electrons. The Morgan fingerprint density at radius 2 is 1.95 bits per heavy atom. The van der Waals surface area contributed by atoms with E-state index in [0.29, 0.717) is 6.61 Å². The zero-order chi connectivity index (χ0) is 13.8. The van der Waals surface area contributed by atoms with Crippen LogP contribution in [0.1, 0.15) is 19.5 Å². The van der Waals surface area contributed by atoms with Crippen molar-refractivity contribution in [2.24, 2.45) is 0 Å². The van der Waals surface area contributed by atoms with Crippen LogP contribution in [0.25, 0.3) is 10.9 Å². The summed E-state index contributed by atoms with van der Waals surface area (Å²) in [5, 5.41) is 0.726. The molecule has 0 amide bonds. The van der Waals surface area contributed by atoms with Crippen molar-refractivity contribution in [1.82, 2.24) is 4.98 Å². The van der Waals surface area contributed by atoms with Gasteiger partial charge in [0.05, 0.1) is 6.61 Å². The SMILES string of the molecule is CCN(CC)c1ccc2[nH]c(COC)cc(=O)c2c1. The number of anilines is 1. The van der Waals surface area contributed by atoms with Crippen LogP contribution in [-0.2, 0) is 11.3 Å². The van der Waals surface area contributed by atoms with E-state index in [0.717, 1.165) is 35.4 Å². The average Bonchev–Trinajstić information content (AvgIpc) is 2.41. The van der Waals surface area contributed by atoms with E-state index in [-0.39, 0.29) is 5.43 Å². The third-order valence-electron chi connectivity index (χ3n) is 3.30. The summed E-state index contributed by atoms with van der Waals surface area (Å²) in [5.74, 6) is 0. The second kappa shape index (κ2) is 5.89. The van der Waals surface area contributed by atoms with Crippen LogP contribution in [0.4, 0.5) is 5.69 Å². The molecule has 1 N–H and O–H groups in total. The van der Waals surface area contributed by atoms with E-state index >= 15 is 0 Å². The minimum absolute atomic E-state index is 0.0369. The smallest absolute Gasteiger partial charge is 0.189 e. The Morgan fingerprint density at radius 1 is 1.21 bits per heavy atom. The summed E-state index contributed by atoms with van der Waals surface area (Å²) < 4.78 is 5.05. The lowest BCUT2D eigenvalue weighted by molar-refractivity contribution is 0.181. The molecule has 0 spiro atoms. The van der Waals surface area contributed by atoms with E-state index in [1.807, 2.05) is 18.2 Å². The van der Waals surface area contributed by atoms with Crippen LogP contribution < -0.4 is 10.3 Å². The Balaban J connectivity index is 2.52. The number of fused-ring (bicyclic) bond motifs is 1. The van der Waals surface area contributed by atoms with E-state index < -0.39 is 0 Å². The van der Waals surface area contributed by atoms with Gasteiger partial charge in [0.2, 0.25) is 0 Å². The maximum Gasteiger partial charge on any atom is 0.189 e. The first-order valence-corrected chi connectivity index (χ1v) is 6.59. The predicted molar refractivity (Wildman–Crippen MR) is 78.8 cm³/mol. The Labute approximate surface area is 113 Å². The van der Waals surface area contributed by atoms with Crippen molar-refractivity contribution in [3.63, 3.8) is 0 Å². The van der Waals surface area contributed by atoms with Gasteiger partial charge in [-0.05, 0) is 32.0 Å². The molecule has 0 bridgehead atoms. The Hall–Kier alpha value is -1.81. The van der Waals surface area contributed by atoms with Crippen LogP contribution >= 0.6 is 0 Å². The molecule has 1 aromatic carbocycles. The van der Waals surface area contributed by atoms with Gasteiger partial charge in [-0.15, -0.1) is 0 Å². The number of nitrogens with one attached hydrogen (secondary N) is 1. The summed E-state index contributed by atoms with van der Waals surface area (Å²) in [7, 11) is 1.62. The third-order valence-corrected chi connectivity index (χ3v) is 3.30. The van der Waals surface area contributed by atoms with Gasteiger partial charge in [0.15, 0.2) is 5.43 Å². The molecule has 2 aromatic rings. The second-order valence-corrected chi connectivity index (χ2v) is 4.49. The van der Waals surface area contributed by atoms with Crippen molar-refractivity contribution >= 4 is 16.6 Å². The molecule has 0 aliphatic carbocycles. The minimum atomic E-state index is 0.0369. The molecule has 0 saturated carbocycles. The monoisotopic (exact) mass is 260 g/mol. The van der Waals surface area contributed by atoms with Crippen molar-refractivity contribution in [2.45, 2.75) is 20.5 Å². The van der Waals surface area contributed by atoms with Crippen LogP contribution in [0.15, 0.2) is 29.1 Å². The molecular formula is C15H20N2O2. The van der Waals surface area contributed by atoms with Crippen molar-refractivity contribution in [1.29, 1.82) is 0 Å². The zero-order valence-corrected chi connectivity index (χ0v) is 11.7. The second-order valence-electron chi connectivity index (χ2n) is 4.49. The van der Waals surface area contributed by atoms with Crippen LogP contribution in [0.5, 0.6) is 0 Å². The fourth-order valence-electron chi connectivity index (χ4n) is 2.31. The van der Waals surface area contributed by atoms with Crippen LogP contribution in [0.3, 0.4) is 0 Å². The first-order chi connectivity index (χ1) is 9.19. The average molecular weight is 260 g/mol. The highest BCUT2D eigenvalue weighted by Crippen LogP contribution is 2.19. The van der Waals surface area contributed by atoms with E-state index in [2.05, 4.69) is 23.7 Å². The molecule has 0 atom stereocenters. The number of benzene rings is 1. The maximum absolute atomic E-state index is 12.1. The number of ether oxygens (including phenoxy) is 1. The summed E-state index contributed by atoms with van der Waals surface area (Å²) in [6, 6.07) is 7.57. The number of aromatic amines is 1. The van der Waals surface area contributed by atoms with Gasteiger partial charge in [-0.25, -0.2) is 0 Å². The van der Waals surface area contributed by atoms with Gasteiger partial charge >= 0.3 is 0 Å². The Morgan fingerprint density at radius 3 is 2.58 bits per heavy atom. The van der Waals surface area contributed by atoms with Crippen LogP contribution in [-0.4, -0.2) is 25.2 Å². The molecule has 102 valence electrons. The highest BCUT2D eigenvalue weighted by Gasteiger charge is 2.06. The highest BCUT2D eigenvalue weighted by molar-refractivity contribution is 5.82. The number of methoxy groups -OCH3 is 1. The van der Waals surface area contributed by atoms with E-state index in [1.54, 1.807) is 13.2 Å². The summed E-state index contributed by atoms with van der Waals surface area (Å²) in [6.45, 7) is 6.51. The molecule has 0 unspecified atom stereocenters. The van der Waals surface area contributed by atoms with Crippen molar-refractivity contribution in [3.8, 4) is 0 Å². The number of hydrogen-bond acceptors (Lipinski definition) is 3. The van der Waals surface area contributed by atoms with E-state index in [9.17, 15) is 4.79 Å². The predicted octanol–water partition coefficient (Wildman–Crippen LogP) is 2.52. The van der Waals surface area contributed by atoms with Crippen molar-refractivity contribution in [3.05, 3.63) is 40.2 Å².